The Kier molecular flexibility index (Phi) is 4.18. The molecule has 0 spiro atoms. The van der Waals surface area contributed by atoms with Crippen molar-refractivity contribution in [1.82, 2.24) is 0 Å². The molecule has 2 aliphatic heterocycles. The number of Topliss-reactive ketones (excluding diaryl/α,β-unsaturated/α-hetero) is 1. The molecule has 0 bridgehead atoms. The van der Waals surface area contributed by atoms with Crippen LogP contribution in [0.4, 0.5) is 5.69 Å². The average Bonchev–Trinajstić information content (AvgIpc) is 2.78. The molecule has 0 unspecified atom stereocenters. The zero-order valence-electron chi connectivity index (χ0n) is 16.6. The number of benzene rings is 2. The van der Waals surface area contributed by atoms with Crippen LogP contribution in [0.1, 0.15) is 36.3 Å². The third-order valence-electron chi connectivity index (χ3n) is 5.92. The van der Waals surface area contributed by atoms with E-state index < -0.39 is 5.92 Å². The highest BCUT2D eigenvalue weighted by Gasteiger charge is 2.43. The Morgan fingerprint density at radius 1 is 1.20 bits per heavy atom. The number of nitriles is 1. The van der Waals surface area contributed by atoms with Crippen LogP contribution in [0.2, 0.25) is 0 Å². The van der Waals surface area contributed by atoms with Gasteiger partial charge < -0.3 is 10.5 Å². The summed E-state index contributed by atoms with van der Waals surface area (Å²) in [6.07, 6.45) is 2.00. The van der Waals surface area contributed by atoms with Gasteiger partial charge >= 0.3 is 0 Å². The number of ether oxygens (including phenoxy) is 1. The molecule has 1 atom stereocenters. The molecule has 3 aliphatic rings. The maximum absolute atomic E-state index is 13.2. The first kappa shape index (κ1) is 18.2. The van der Waals surface area contributed by atoms with Gasteiger partial charge in [-0.1, -0.05) is 24.3 Å². The van der Waals surface area contributed by atoms with Gasteiger partial charge in [-0.25, -0.2) is 4.99 Å². The number of para-hydroxylation sites is 1. The van der Waals surface area contributed by atoms with Gasteiger partial charge in [0.05, 0.1) is 30.4 Å². The van der Waals surface area contributed by atoms with Crippen molar-refractivity contribution in [1.29, 1.82) is 5.26 Å². The van der Waals surface area contributed by atoms with E-state index in [4.69, 9.17) is 10.5 Å². The number of anilines is 1. The third-order valence-corrected chi connectivity index (χ3v) is 5.92. The molecule has 0 saturated carbocycles. The van der Waals surface area contributed by atoms with Gasteiger partial charge in [-0.15, -0.1) is 0 Å². The minimum atomic E-state index is -0.485. The number of methoxy groups -OCH3 is 1. The van der Waals surface area contributed by atoms with Gasteiger partial charge in [-0.2, -0.15) is 5.26 Å². The fourth-order valence-corrected chi connectivity index (χ4v) is 4.63. The number of nitrogens with two attached hydrogens (primary N) is 1. The van der Waals surface area contributed by atoms with Gasteiger partial charge in [0, 0.05) is 23.3 Å². The topological polar surface area (TPSA) is 91.7 Å². The van der Waals surface area contributed by atoms with Crippen LogP contribution in [0.5, 0.6) is 5.75 Å². The molecule has 30 heavy (non-hydrogen) atoms. The smallest absolute Gasteiger partial charge is 0.161 e. The van der Waals surface area contributed by atoms with Gasteiger partial charge in [-0.05, 0) is 42.7 Å². The molecule has 1 aliphatic carbocycles. The van der Waals surface area contributed by atoms with Crippen LogP contribution in [0.25, 0.3) is 0 Å². The third kappa shape index (κ3) is 2.56. The molecular weight excluding hydrogens is 376 g/mol. The van der Waals surface area contributed by atoms with Gasteiger partial charge in [0.2, 0.25) is 0 Å². The van der Waals surface area contributed by atoms with Gasteiger partial charge in [0.25, 0.3) is 0 Å². The molecule has 0 radical (unpaired) electrons. The Morgan fingerprint density at radius 2 is 2.03 bits per heavy atom. The summed E-state index contributed by atoms with van der Waals surface area (Å²) in [6, 6.07) is 17.6. The zero-order valence-corrected chi connectivity index (χ0v) is 16.6. The quantitative estimate of drug-likeness (QED) is 0.834. The number of hydrogen-bond donors (Lipinski definition) is 1. The first-order valence-corrected chi connectivity index (χ1v) is 9.92. The van der Waals surface area contributed by atoms with Crippen LogP contribution in [-0.2, 0) is 4.79 Å². The lowest BCUT2D eigenvalue weighted by Crippen LogP contribution is -2.39. The first-order valence-electron chi connectivity index (χ1n) is 9.92. The normalized spacial score (nSPS) is 20.1. The number of fused-ring (bicyclic) bond motifs is 4. The molecule has 148 valence electrons. The molecule has 6 nitrogen and oxygen atoms in total. The van der Waals surface area contributed by atoms with Crippen molar-refractivity contribution in [3.63, 3.8) is 0 Å². The van der Waals surface area contributed by atoms with E-state index in [1.807, 2.05) is 53.4 Å². The van der Waals surface area contributed by atoms with Gasteiger partial charge in [0.1, 0.15) is 11.6 Å². The van der Waals surface area contributed by atoms with Crippen LogP contribution >= 0.6 is 0 Å². The number of rotatable bonds is 2. The molecular formula is C24H20N4O2. The maximum atomic E-state index is 13.2. The highest BCUT2D eigenvalue weighted by molar-refractivity contribution is 6.08. The fourth-order valence-electron chi connectivity index (χ4n) is 4.63. The number of nitrogens with zero attached hydrogens (tertiary/aromatic N) is 3. The summed E-state index contributed by atoms with van der Waals surface area (Å²) >= 11 is 0. The van der Waals surface area contributed by atoms with Crippen molar-refractivity contribution in [3.05, 3.63) is 82.3 Å². The lowest BCUT2D eigenvalue weighted by atomic mass is 9.75. The standard InChI is InChI=1S/C24H20N4O2/c1-30-15-7-4-6-14(12-15)21-17(13-25)24-27-23(26)16-8-2-3-9-18(16)28(24)19-10-5-11-20(29)22(19)21/h2-4,6-9,12,21H,5,10-11H2,1H3,(H2,26,27)/t21-/m0/s1. The molecule has 0 fully saturated rings. The molecule has 5 rings (SSSR count). The summed E-state index contributed by atoms with van der Waals surface area (Å²) in [4.78, 5) is 19.8. The highest BCUT2D eigenvalue weighted by atomic mass is 16.5. The molecule has 6 heteroatoms. The number of carbonyl (C=O) groups excluding carboxylic acids is 1. The van der Waals surface area contributed by atoms with Gasteiger partial charge in [0.15, 0.2) is 11.6 Å². The second-order valence-corrected chi connectivity index (χ2v) is 7.55. The van der Waals surface area contributed by atoms with Crippen LogP contribution in [0.15, 0.2) is 76.2 Å². The SMILES string of the molecule is COc1cccc([C@H]2C(C#N)=C3N=C(N)c4ccccc4N3C3=C2C(=O)CCC3)c1. The van der Waals surface area contributed by atoms with E-state index >= 15 is 0 Å². The van der Waals surface area contributed by atoms with E-state index in [2.05, 4.69) is 11.1 Å². The number of allylic oxidation sites excluding steroid dienone is 3. The second-order valence-electron chi connectivity index (χ2n) is 7.55. The fraction of sp³-hybridized carbons (Fsp3) is 0.208. The van der Waals surface area contributed by atoms with Crippen LogP contribution < -0.4 is 15.4 Å². The lowest BCUT2D eigenvalue weighted by molar-refractivity contribution is -0.116. The summed E-state index contributed by atoms with van der Waals surface area (Å²) < 4.78 is 5.39. The Bertz CT molecular complexity index is 1220. The van der Waals surface area contributed by atoms with Crippen molar-refractivity contribution in [2.24, 2.45) is 10.7 Å². The summed E-state index contributed by atoms with van der Waals surface area (Å²) in [5, 5.41) is 10.2. The van der Waals surface area contributed by atoms with Crippen molar-refractivity contribution in [2.45, 2.75) is 25.2 Å². The summed E-state index contributed by atoms with van der Waals surface area (Å²) in [7, 11) is 1.60. The van der Waals surface area contributed by atoms with Crippen molar-refractivity contribution in [2.75, 3.05) is 12.0 Å². The largest absolute Gasteiger partial charge is 0.497 e. The van der Waals surface area contributed by atoms with Crippen molar-refractivity contribution < 1.29 is 9.53 Å². The van der Waals surface area contributed by atoms with E-state index in [1.165, 1.54) is 0 Å². The Hall–Kier alpha value is -3.85. The number of carbonyl (C=O) groups is 1. The van der Waals surface area contributed by atoms with Crippen LogP contribution in [0, 0.1) is 11.3 Å². The molecule has 2 heterocycles. The highest BCUT2D eigenvalue weighted by Crippen LogP contribution is 2.49. The Morgan fingerprint density at radius 3 is 2.83 bits per heavy atom. The Labute approximate surface area is 174 Å². The second kappa shape index (κ2) is 6.89. The zero-order chi connectivity index (χ0) is 20.8. The number of hydrogen-bond acceptors (Lipinski definition) is 6. The first-order chi connectivity index (χ1) is 14.6. The van der Waals surface area contributed by atoms with E-state index in [9.17, 15) is 10.1 Å². The van der Waals surface area contributed by atoms with Crippen molar-refractivity contribution >= 4 is 17.3 Å². The minimum Gasteiger partial charge on any atom is -0.497 e. The van der Waals surface area contributed by atoms with E-state index in [1.54, 1.807) is 7.11 Å². The van der Waals surface area contributed by atoms with Gasteiger partial charge in [-0.3, -0.25) is 9.69 Å². The van der Waals surface area contributed by atoms with E-state index in [-0.39, 0.29) is 5.78 Å². The van der Waals surface area contributed by atoms with Crippen molar-refractivity contribution in [3.8, 4) is 11.8 Å². The molecule has 2 aromatic carbocycles. The van der Waals surface area contributed by atoms with Crippen LogP contribution in [0.3, 0.4) is 0 Å². The average molecular weight is 396 g/mol. The summed E-state index contributed by atoms with van der Waals surface area (Å²) in [6.45, 7) is 0. The van der Waals surface area contributed by atoms with Crippen LogP contribution in [-0.4, -0.2) is 18.7 Å². The predicted molar refractivity (Wildman–Crippen MR) is 114 cm³/mol. The number of amidine groups is 1. The summed E-state index contributed by atoms with van der Waals surface area (Å²) in [5.41, 5.74) is 10.8. The molecule has 2 N–H and O–H groups in total. The maximum Gasteiger partial charge on any atom is 0.161 e. The monoisotopic (exact) mass is 396 g/mol. The Balaban J connectivity index is 1.82. The van der Waals surface area contributed by atoms with E-state index in [0.29, 0.717) is 35.0 Å². The predicted octanol–water partition coefficient (Wildman–Crippen LogP) is 3.76. The number of ketones is 1. The molecule has 0 saturated heterocycles. The molecule has 0 amide bonds. The number of aliphatic imine (C=N–C) groups is 1. The van der Waals surface area contributed by atoms with E-state index in [0.717, 1.165) is 35.4 Å². The minimum absolute atomic E-state index is 0.0795. The summed E-state index contributed by atoms with van der Waals surface area (Å²) in [5.74, 6) is 1.16. The molecule has 0 aromatic heterocycles. The molecule has 2 aromatic rings. The lowest BCUT2D eigenvalue weighted by Gasteiger charge is -2.41.